The Hall–Kier alpha value is -3.04. The van der Waals surface area contributed by atoms with Gasteiger partial charge < -0.3 is 14.8 Å². The van der Waals surface area contributed by atoms with E-state index in [1.54, 1.807) is 48.5 Å². The lowest BCUT2D eigenvalue weighted by Crippen LogP contribution is -2.29. The van der Waals surface area contributed by atoms with Gasteiger partial charge in [0.25, 0.3) is 5.91 Å². The summed E-state index contributed by atoms with van der Waals surface area (Å²) in [6.45, 7) is 1.07. The Balaban J connectivity index is 1.80. The van der Waals surface area contributed by atoms with Crippen molar-refractivity contribution in [3.63, 3.8) is 0 Å². The number of esters is 1. The molecule has 0 saturated heterocycles. The molecular formula is C18H15ClN2O4. The number of nitrogens with one attached hydrogen (secondary N) is 1. The van der Waals surface area contributed by atoms with Crippen LogP contribution in [0.5, 0.6) is 5.75 Å². The number of nitriles is 1. The predicted octanol–water partition coefficient (Wildman–Crippen LogP) is 3.16. The highest BCUT2D eigenvalue weighted by Gasteiger charge is 2.18. The van der Waals surface area contributed by atoms with Gasteiger partial charge in [-0.05, 0) is 49.4 Å². The fourth-order valence-corrected chi connectivity index (χ4v) is 2.07. The van der Waals surface area contributed by atoms with Gasteiger partial charge >= 0.3 is 5.97 Å². The number of nitrogens with zero attached hydrogens (tertiary/aromatic N) is 1. The molecule has 1 N–H and O–H groups in total. The van der Waals surface area contributed by atoms with Gasteiger partial charge in [0.05, 0.1) is 11.6 Å². The summed E-state index contributed by atoms with van der Waals surface area (Å²) < 4.78 is 10.3. The van der Waals surface area contributed by atoms with Crippen molar-refractivity contribution < 1.29 is 19.1 Å². The quantitative estimate of drug-likeness (QED) is 0.801. The molecule has 0 saturated carbocycles. The number of rotatable bonds is 6. The maximum Gasteiger partial charge on any atom is 0.347 e. The molecule has 1 atom stereocenters. The van der Waals surface area contributed by atoms with E-state index in [1.165, 1.54) is 6.92 Å². The molecule has 7 heteroatoms. The Morgan fingerprint density at radius 1 is 1.24 bits per heavy atom. The largest absolute Gasteiger partial charge is 0.479 e. The number of anilines is 1. The van der Waals surface area contributed by atoms with Crippen molar-refractivity contribution in [3.05, 3.63) is 59.1 Å². The van der Waals surface area contributed by atoms with Crippen LogP contribution in [0.2, 0.25) is 5.02 Å². The summed E-state index contributed by atoms with van der Waals surface area (Å²) in [5.74, 6) is -0.737. The lowest BCUT2D eigenvalue weighted by Gasteiger charge is -2.14. The summed E-state index contributed by atoms with van der Waals surface area (Å²) >= 11 is 5.82. The van der Waals surface area contributed by atoms with Gasteiger partial charge in [0.2, 0.25) is 0 Å². The molecule has 0 aliphatic carbocycles. The molecule has 2 aromatic rings. The second kappa shape index (κ2) is 8.71. The van der Waals surface area contributed by atoms with Gasteiger partial charge in [-0.25, -0.2) is 4.79 Å². The highest BCUT2D eigenvalue weighted by Crippen LogP contribution is 2.15. The van der Waals surface area contributed by atoms with Gasteiger partial charge in [-0.1, -0.05) is 17.7 Å². The number of hydrogen-bond donors (Lipinski definition) is 1. The third kappa shape index (κ3) is 5.83. The molecule has 0 aliphatic rings. The van der Waals surface area contributed by atoms with Crippen molar-refractivity contribution in [1.82, 2.24) is 0 Å². The summed E-state index contributed by atoms with van der Waals surface area (Å²) in [6, 6.07) is 14.9. The molecular weight excluding hydrogens is 344 g/mol. The molecule has 25 heavy (non-hydrogen) atoms. The summed E-state index contributed by atoms with van der Waals surface area (Å²) in [6.07, 6.45) is -0.896. The van der Waals surface area contributed by atoms with Gasteiger partial charge in [-0.3, -0.25) is 4.79 Å². The second-order valence-electron chi connectivity index (χ2n) is 5.06. The molecule has 0 unspecified atom stereocenters. The fraction of sp³-hybridized carbons (Fsp3) is 0.167. The first-order valence-corrected chi connectivity index (χ1v) is 7.74. The van der Waals surface area contributed by atoms with Crippen LogP contribution < -0.4 is 10.1 Å². The first-order valence-electron chi connectivity index (χ1n) is 7.37. The van der Waals surface area contributed by atoms with Gasteiger partial charge in [0.1, 0.15) is 5.75 Å². The number of hydrogen-bond acceptors (Lipinski definition) is 5. The van der Waals surface area contributed by atoms with E-state index in [1.807, 2.05) is 6.07 Å². The van der Waals surface area contributed by atoms with Crippen LogP contribution in [-0.2, 0) is 14.3 Å². The van der Waals surface area contributed by atoms with Crippen molar-refractivity contribution in [1.29, 1.82) is 5.26 Å². The number of benzene rings is 2. The van der Waals surface area contributed by atoms with Crippen LogP contribution in [0.1, 0.15) is 12.5 Å². The Morgan fingerprint density at radius 2 is 1.96 bits per heavy atom. The lowest BCUT2D eigenvalue weighted by atomic mass is 10.2. The Labute approximate surface area is 149 Å². The summed E-state index contributed by atoms with van der Waals surface area (Å²) in [5, 5.41) is 11.8. The Morgan fingerprint density at radius 3 is 2.60 bits per heavy atom. The SMILES string of the molecule is C[C@@H](Oc1ccc(C#N)cc1)C(=O)OCC(=O)Nc1cccc(Cl)c1. The number of ether oxygens (including phenoxy) is 2. The van der Waals surface area contributed by atoms with Crippen molar-refractivity contribution in [2.45, 2.75) is 13.0 Å². The third-order valence-corrected chi connectivity index (χ3v) is 3.32. The van der Waals surface area contributed by atoms with Gasteiger partial charge in [0.15, 0.2) is 12.7 Å². The molecule has 1 amide bonds. The van der Waals surface area contributed by atoms with E-state index >= 15 is 0 Å². The molecule has 0 aromatic heterocycles. The number of amides is 1. The normalized spacial score (nSPS) is 11.1. The average molecular weight is 359 g/mol. The summed E-state index contributed by atoms with van der Waals surface area (Å²) in [5.41, 5.74) is 0.996. The van der Waals surface area contributed by atoms with Crippen LogP contribution in [0, 0.1) is 11.3 Å². The fourth-order valence-electron chi connectivity index (χ4n) is 1.88. The van der Waals surface area contributed by atoms with E-state index in [-0.39, 0.29) is 0 Å². The average Bonchev–Trinajstić information content (AvgIpc) is 2.60. The topological polar surface area (TPSA) is 88.4 Å². The molecule has 0 bridgehead atoms. The van der Waals surface area contributed by atoms with Crippen LogP contribution in [0.25, 0.3) is 0 Å². The highest BCUT2D eigenvalue weighted by molar-refractivity contribution is 6.30. The van der Waals surface area contributed by atoms with Crippen LogP contribution in [0.15, 0.2) is 48.5 Å². The lowest BCUT2D eigenvalue weighted by molar-refractivity contribution is -0.153. The molecule has 128 valence electrons. The van der Waals surface area contributed by atoms with E-state index in [2.05, 4.69) is 5.32 Å². The maximum absolute atomic E-state index is 11.9. The molecule has 0 heterocycles. The minimum atomic E-state index is -0.896. The molecule has 2 rings (SSSR count). The molecule has 2 aromatic carbocycles. The molecule has 0 aliphatic heterocycles. The predicted molar refractivity (Wildman–Crippen MR) is 92.3 cm³/mol. The van der Waals surface area contributed by atoms with E-state index in [9.17, 15) is 9.59 Å². The zero-order valence-corrected chi connectivity index (χ0v) is 14.1. The Kier molecular flexibility index (Phi) is 6.38. The van der Waals surface area contributed by atoms with Crippen molar-refractivity contribution in [2.24, 2.45) is 0 Å². The van der Waals surface area contributed by atoms with Crippen molar-refractivity contribution >= 4 is 29.2 Å². The van der Waals surface area contributed by atoms with Crippen molar-refractivity contribution in [3.8, 4) is 11.8 Å². The van der Waals surface area contributed by atoms with E-state index in [0.29, 0.717) is 22.0 Å². The zero-order chi connectivity index (χ0) is 18.2. The number of halogens is 1. The van der Waals surface area contributed by atoms with Crippen LogP contribution in [0.4, 0.5) is 5.69 Å². The summed E-state index contributed by atoms with van der Waals surface area (Å²) in [4.78, 5) is 23.7. The molecule has 0 radical (unpaired) electrons. The molecule has 0 spiro atoms. The first-order chi connectivity index (χ1) is 12.0. The Bertz CT molecular complexity index is 799. The van der Waals surface area contributed by atoms with Crippen molar-refractivity contribution in [2.75, 3.05) is 11.9 Å². The molecule has 6 nitrogen and oxygen atoms in total. The van der Waals surface area contributed by atoms with E-state index in [0.717, 1.165) is 0 Å². The minimum Gasteiger partial charge on any atom is -0.479 e. The van der Waals surface area contributed by atoms with E-state index < -0.39 is 24.6 Å². The smallest absolute Gasteiger partial charge is 0.347 e. The zero-order valence-electron chi connectivity index (χ0n) is 13.4. The van der Waals surface area contributed by atoms with Gasteiger partial charge in [0, 0.05) is 10.7 Å². The standard InChI is InChI=1S/C18H15ClN2O4/c1-12(25-16-7-5-13(10-20)6-8-16)18(23)24-11-17(22)21-15-4-2-3-14(19)9-15/h2-9,12H,11H2,1H3,(H,21,22)/t12-/m1/s1. The maximum atomic E-state index is 11.9. The van der Waals surface area contributed by atoms with Crippen LogP contribution in [0.3, 0.4) is 0 Å². The summed E-state index contributed by atoms with van der Waals surface area (Å²) in [7, 11) is 0. The van der Waals surface area contributed by atoms with E-state index in [4.69, 9.17) is 26.3 Å². The van der Waals surface area contributed by atoms with Crippen LogP contribution >= 0.6 is 11.6 Å². The molecule has 0 fully saturated rings. The highest BCUT2D eigenvalue weighted by atomic mass is 35.5. The minimum absolute atomic E-state index is 0.423. The number of carbonyl (C=O) groups is 2. The third-order valence-electron chi connectivity index (χ3n) is 3.08. The van der Waals surface area contributed by atoms with Crippen LogP contribution in [-0.4, -0.2) is 24.6 Å². The monoisotopic (exact) mass is 358 g/mol. The first kappa shape index (κ1) is 18.3. The second-order valence-corrected chi connectivity index (χ2v) is 5.50. The number of carbonyl (C=O) groups excluding carboxylic acids is 2. The van der Waals surface area contributed by atoms with Gasteiger partial charge in [-0.2, -0.15) is 5.26 Å². The van der Waals surface area contributed by atoms with Gasteiger partial charge in [-0.15, -0.1) is 0 Å².